The number of carbonyl (C=O) groups excluding carboxylic acids is 1. The van der Waals surface area contributed by atoms with E-state index in [1.807, 2.05) is 39.0 Å². The second-order valence-corrected chi connectivity index (χ2v) is 7.73. The number of benzene rings is 2. The van der Waals surface area contributed by atoms with Crippen LogP contribution in [-0.2, 0) is 4.79 Å². The van der Waals surface area contributed by atoms with E-state index in [2.05, 4.69) is 26.3 Å². The highest BCUT2D eigenvalue weighted by Crippen LogP contribution is 2.31. The number of nitro groups is 1. The lowest BCUT2D eigenvalue weighted by Crippen LogP contribution is -2.25. The number of non-ortho nitro benzene ring substituents is 1. The maximum absolute atomic E-state index is 12.8. The summed E-state index contributed by atoms with van der Waals surface area (Å²) in [6, 6.07) is 10.9. The van der Waals surface area contributed by atoms with Crippen LogP contribution < -0.4 is 10.1 Å². The number of hydrogen-bond donors (Lipinski definition) is 1. The fraction of sp³-hybridized carbons (Fsp3) is 0.238. The predicted molar refractivity (Wildman–Crippen MR) is 117 cm³/mol. The first kappa shape index (κ1) is 21.5. The standard InChI is InChI=1S/C21H21BrN4O4/c1-12-7-5-6-8-19(12)30-18-10-16(9-17(11-18)26(28)29)23-21(27)15(4)25-14(3)20(22)13(2)24-25/h5-11,15H,1-4H3,(H,23,27). The van der Waals surface area contributed by atoms with E-state index >= 15 is 0 Å². The molecule has 0 bridgehead atoms. The van der Waals surface area contributed by atoms with Gasteiger partial charge in [0.25, 0.3) is 5.69 Å². The summed E-state index contributed by atoms with van der Waals surface area (Å²) in [5.41, 5.74) is 2.57. The molecule has 8 nitrogen and oxygen atoms in total. The molecular formula is C21H21BrN4O4. The summed E-state index contributed by atoms with van der Waals surface area (Å²) in [5.74, 6) is 0.488. The van der Waals surface area contributed by atoms with Gasteiger partial charge in [0.15, 0.2) is 0 Å². The van der Waals surface area contributed by atoms with E-state index in [-0.39, 0.29) is 23.0 Å². The van der Waals surface area contributed by atoms with Gasteiger partial charge >= 0.3 is 0 Å². The van der Waals surface area contributed by atoms with Crippen LogP contribution in [0, 0.1) is 30.9 Å². The van der Waals surface area contributed by atoms with Crippen LogP contribution >= 0.6 is 15.9 Å². The van der Waals surface area contributed by atoms with Gasteiger partial charge in [-0.15, -0.1) is 0 Å². The monoisotopic (exact) mass is 472 g/mol. The number of carbonyl (C=O) groups is 1. The molecular weight excluding hydrogens is 452 g/mol. The number of aromatic nitrogens is 2. The SMILES string of the molecule is Cc1ccccc1Oc1cc(NC(=O)C(C)n2nc(C)c(Br)c2C)cc([N+](=O)[O-])c1. The second-order valence-electron chi connectivity index (χ2n) is 6.93. The van der Waals surface area contributed by atoms with E-state index in [9.17, 15) is 14.9 Å². The zero-order chi connectivity index (χ0) is 22.0. The number of ether oxygens (including phenoxy) is 1. The van der Waals surface area contributed by atoms with Crippen molar-refractivity contribution in [2.24, 2.45) is 0 Å². The van der Waals surface area contributed by atoms with Gasteiger partial charge in [0.1, 0.15) is 17.5 Å². The number of nitrogens with one attached hydrogen (secondary N) is 1. The molecule has 2 aromatic carbocycles. The lowest BCUT2D eigenvalue weighted by molar-refractivity contribution is -0.384. The minimum Gasteiger partial charge on any atom is -0.457 e. The van der Waals surface area contributed by atoms with Gasteiger partial charge in [-0.05, 0) is 55.3 Å². The summed E-state index contributed by atoms with van der Waals surface area (Å²) < 4.78 is 8.27. The lowest BCUT2D eigenvalue weighted by Gasteiger charge is -2.15. The molecule has 1 unspecified atom stereocenters. The van der Waals surface area contributed by atoms with Crippen LogP contribution in [-0.4, -0.2) is 20.6 Å². The van der Waals surface area contributed by atoms with Crippen LogP contribution in [0.5, 0.6) is 11.5 Å². The Bertz CT molecular complexity index is 1130. The molecule has 0 spiro atoms. The van der Waals surface area contributed by atoms with Gasteiger partial charge in [-0.3, -0.25) is 19.6 Å². The zero-order valence-corrected chi connectivity index (χ0v) is 18.6. The molecule has 0 aliphatic heterocycles. The quantitative estimate of drug-likeness (QED) is 0.378. The molecule has 1 amide bonds. The van der Waals surface area contributed by atoms with Crippen LogP contribution in [0.4, 0.5) is 11.4 Å². The van der Waals surface area contributed by atoms with Gasteiger partial charge in [0.2, 0.25) is 5.91 Å². The second kappa shape index (κ2) is 8.66. The summed E-state index contributed by atoms with van der Waals surface area (Å²) in [7, 11) is 0. The van der Waals surface area contributed by atoms with E-state index in [1.54, 1.807) is 23.7 Å². The first-order valence-electron chi connectivity index (χ1n) is 9.22. The summed E-state index contributed by atoms with van der Waals surface area (Å²) in [6.07, 6.45) is 0. The first-order chi connectivity index (χ1) is 14.2. The van der Waals surface area contributed by atoms with Crippen molar-refractivity contribution in [2.75, 3.05) is 5.32 Å². The van der Waals surface area contributed by atoms with Crippen molar-refractivity contribution >= 4 is 33.2 Å². The van der Waals surface area contributed by atoms with E-state index in [0.29, 0.717) is 5.75 Å². The molecule has 1 N–H and O–H groups in total. The number of hydrogen-bond acceptors (Lipinski definition) is 5. The molecule has 0 fully saturated rings. The molecule has 3 rings (SSSR count). The van der Waals surface area contributed by atoms with Crippen molar-refractivity contribution in [1.82, 2.24) is 9.78 Å². The third kappa shape index (κ3) is 4.51. The predicted octanol–water partition coefficient (Wildman–Crippen LogP) is 5.47. The largest absolute Gasteiger partial charge is 0.457 e. The van der Waals surface area contributed by atoms with Crippen LogP contribution in [0.25, 0.3) is 0 Å². The number of para-hydroxylation sites is 1. The maximum atomic E-state index is 12.8. The lowest BCUT2D eigenvalue weighted by atomic mass is 10.2. The van der Waals surface area contributed by atoms with Crippen molar-refractivity contribution in [1.29, 1.82) is 0 Å². The van der Waals surface area contributed by atoms with Crippen LogP contribution in [0.1, 0.15) is 29.9 Å². The minimum absolute atomic E-state index is 0.183. The van der Waals surface area contributed by atoms with Gasteiger partial charge in [0, 0.05) is 12.1 Å². The molecule has 1 heterocycles. The average molecular weight is 473 g/mol. The topological polar surface area (TPSA) is 99.3 Å². The van der Waals surface area contributed by atoms with E-state index in [0.717, 1.165) is 21.4 Å². The van der Waals surface area contributed by atoms with E-state index < -0.39 is 11.0 Å². The van der Waals surface area contributed by atoms with Crippen molar-refractivity contribution in [3.05, 3.63) is 74.0 Å². The number of amides is 1. The van der Waals surface area contributed by atoms with Crippen LogP contribution in [0.2, 0.25) is 0 Å². The van der Waals surface area contributed by atoms with Crippen molar-refractivity contribution in [2.45, 2.75) is 33.7 Å². The molecule has 0 saturated carbocycles. The Balaban J connectivity index is 1.88. The third-order valence-corrected chi connectivity index (χ3v) is 5.82. The Hall–Kier alpha value is -3.20. The Morgan fingerprint density at radius 2 is 1.93 bits per heavy atom. The molecule has 3 aromatic rings. The molecule has 0 saturated heterocycles. The average Bonchev–Trinajstić information content (AvgIpc) is 2.96. The van der Waals surface area contributed by atoms with Gasteiger partial charge in [-0.1, -0.05) is 18.2 Å². The van der Waals surface area contributed by atoms with Gasteiger partial charge < -0.3 is 10.1 Å². The number of anilines is 1. The fourth-order valence-electron chi connectivity index (χ4n) is 3.00. The molecule has 156 valence electrons. The summed E-state index contributed by atoms with van der Waals surface area (Å²) in [5, 5.41) is 18.5. The molecule has 1 aromatic heterocycles. The number of aryl methyl sites for hydroxylation is 2. The van der Waals surface area contributed by atoms with Gasteiger partial charge in [0.05, 0.1) is 32.5 Å². The summed E-state index contributed by atoms with van der Waals surface area (Å²) >= 11 is 3.45. The number of nitro benzene ring substituents is 1. The molecule has 30 heavy (non-hydrogen) atoms. The van der Waals surface area contributed by atoms with E-state index in [1.165, 1.54) is 12.1 Å². The summed E-state index contributed by atoms with van der Waals surface area (Å²) in [6.45, 7) is 7.29. The van der Waals surface area contributed by atoms with Crippen molar-refractivity contribution in [3.63, 3.8) is 0 Å². The maximum Gasteiger partial charge on any atom is 0.275 e. The Kier molecular flexibility index (Phi) is 6.21. The van der Waals surface area contributed by atoms with Gasteiger partial charge in [-0.25, -0.2) is 0 Å². The highest BCUT2D eigenvalue weighted by molar-refractivity contribution is 9.10. The van der Waals surface area contributed by atoms with E-state index in [4.69, 9.17) is 4.74 Å². The Labute approximate surface area is 182 Å². The minimum atomic E-state index is -0.616. The van der Waals surface area contributed by atoms with Gasteiger partial charge in [-0.2, -0.15) is 5.10 Å². The number of rotatable bonds is 6. The smallest absolute Gasteiger partial charge is 0.275 e. The first-order valence-corrected chi connectivity index (χ1v) is 10.0. The highest BCUT2D eigenvalue weighted by Gasteiger charge is 2.22. The number of nitrogens with zero attached hydrogens (tertiary/aromatic N) is 3. The number of halogens is 1. The van der Waals surface area contributed by atoms with Crippen LogP contribution in [0.15, 0.2) is 46.9 Å². The third-order valence-electron chi connectivity index (χ3n) is 4.67. The fourth-order valence-corrected chi connectivity index (χ4v) is 3.26. The Morgan fingerprint density at radius 3 is 2.53 bits per heavy atom. The van der Waals surface area contributed by atoms with Crippen molar-refractivity contribution < 1.29 is 14.5 Å². The molecule has 0 aliphatic carbocycles. The normalized spacial score (nSPS) is 11.8. The zero-order valence-electron chi connectivity index (χ0n) is 17.0. The molecule has 1 atom stereocenters. The summed E-state index contributed by atoms with van der Waals surface area (Å²) in [4.78, 5) is 23.6. The molecule has 0 aliphatic rings. The molecule has 0 radical (unpaired) electrons. The van der Waals surface area contributed by atoms with Crippen molar-refractivity contribution in [3.8, 4) is 11.5 Å². The van der Waals surface area contributed by atoms with Crippen LogP contribution in [0.3, 0.4) is 0 Å². The molecule has 9 heteroatoms. The Morgan fingerprint density at radius 1 is 1.23 bits per heavy atom. The highest BCUT2D eigenvalue weighted by atomic mass is 79.9.